The zero-order chi connectivity index (χ0) is 15.3. The Morgan fingerprint density at radius 3 is 2.40 bits per heavy atom. The molecule has 0 saturated carbocycles. The first-order valence-corrected chi connectivity index (χ1v) is 7.78. The van der Waals surface area contributed by atoms with Crippen LogP contribution in [-0.4, -0.2) is 34.8 Å². The van der Waals surface area contributed by atoms with Crippen LogP contribution in [-0.2, 0) is 9.59 Å². The summed E-state index contributed by atoms with van der Waals surface area (Å²) in [5.41, 5.74) is 1.61. The average Bonchev–Trinajstić information content (AvgIpc) is 2.45. The predicted molar refractivity (Wildman–Crippen MR) is 81.5 cm³/mol. The number of carbonyl (C=O) groups excluding carboxylic acids is 2. The summed E-state index contributed by atoms with van der Waals surface area (Å²) in [4.78, 5) is 26.9. The minimum absolute atomic E-state index is 0.00742. The minimum atomic E-state index is -0.748. The molecule has 0 aliphatic carbocycles. The van der Waals surface area contributed by atoms with Crippen LogP contribution in [0.15, 0.2) is 11.1 Å². The van der Waals surface area contributed by atoms with Crippen molar-refractivity contribution in [3.8, 4) is 0 Å². The van der Waals surface area contributed by atoms with Gasteiger partial charge in [-0.25, -0.2) is 0 Å². The molecule has 0 aromatic heterocycles. The molecule has 1 aliphatic heterocycles. The van der Waals surface area contributed by atoms with Crippen LogP contribution in [0.25, 0.3) is 0 Å². The molecule has 20 heavy (non-hydrogen) atoms. The van der Waals surface area contributed by atoms with Crippen molar-refractivity contribution in [1.82, 2.24) is 10.2 Å². The van der Waals surface area contributed by atoms with E-state index in [1.165, 1.54) is 5.54 Å². The van der Waals surface area contributed by atoms with Crippen molar-refractivity contribution in [2.24, 2.45) is 0 Å². The van der Waals surface area contributed by atoms with Crippen LogP contribution in [0.5, 0.6) is 0 Å². The highest BCUT2D eigenvalue weighted by molar-refractivity contribution is 6.25. The van der Waals surface area contributed by atoms with Gasteiger partial charge in [-0.15, -0.1) is 0 Å². The van der Waals surface area contributed by atoms with Crippen LogP contribution >= 0.6 is 11.6 Å². The van der Waals surface area contributed by atoms with E-state index in [1.807, 2.05) is 27.7 Å². The molecular weight excluding hydrogens is 276 g/mol. The van der Waals surface area contributed by atoms with Crippen molar-refractivity contribution in [1.29, 1.82) is 0 Å². The summed E-state index contributed by atoms with van der Waals surface area (Å²) in [6.07, 6.45) is 2.75. The fraction of sp³-hybridized carbons (Fsp3) is 0.733. The smallest absolute Gasteiger partial charge is 0.246 e. The Kier molecular flexibility index (Phi) is 6.06. The maximum Gasteiger partial charge on any atom is 0.246 e. The molecule has 0 aromatic carbocycles. The van der Waals surface area contributed by atoms with Gasteiger partial charge in [0.05, 0.1) is 0 Å². The monoisotopic (exact) mass is 300 g/mol. The molecule has 0 bridgehead atoms. The molecule has 1 aliphatic rings. The van der Waals surface area contributed by atoms with Crippen LogP contribution in [0.3, 0.4) is 0 Å². The number of piperazine rings is 1. The van der Waals surface area contributed by atoms with Crippen LogP contribution in [0, 0.1) is 0 Å². The Hall–Kier alpha value is -1.03. The first kappa shape index (κ1) is 17.0. The number of nitrogens with zero attached hydrogens (tertiary/aromatic N) is 1. The van der Waals surface area contributed by atoms with Gasteiger partial charge in [-0.3, -0.25) is 9.59 Å². The van der Waals surface area contributed by atoms with Gasteiger partial charge in [-0.1, -0.05) is 38.8 Å². The molecule has 2 amide bonds. The molecule has 1 saturated heterocycles. The van der Waals surface area contributed by atoms with Gasteiger partial charge >= 0.3 is 0 Å². The van der Waals surface area contributed by atoms with E-state index in [4.69, 9.17) is 11.6 Å². The number of halogens is 1. The van der Waals surface area contributed by atoms with Gasteiger partial charge in [-0.05, 0) is 31.8 Å². The second-order valence-corrected chi connectivity index (χ2v) is 5.65. The topological polar surface area (TPSA) is 49.4 Å². The lowest BCUT2D eigenvalue weighted by Gasteiger charge is -2.47. The fourth-order valence-corrected chi connectivity index (χ4v) is 2.90. The highest BCUT2D eigenvalue weighted by atomic mass is 35.5. The molecule has 5 heteroatoms. The number of amides is 2. The van der Waals surface area contributed by atoms with Gasteiger partial charge in [-0.2, -0.15) is 0 Å². The molecular formula is C15H25ClN2O2. The first-order valence-electron chi connectivity index (χ1n) is 7.35. The molecule has 0 aromatic rings. The molecule has 1 atom stereocenters. The van der Waals surface area contributed by atoms with Gasteiger partial charge in [0.25, 0.3) is 0 Å². The Balaban J connectivity index is 3.16. The van der Waals surface area contributed by atoms with Gasteiger partial charge in [0.2, 0.25) is 11.8 Å². The summed E-state index contributed by atoms with van der Waals surface area (Å²) in [7, 11) is 0. The van der Waals surface area contributed by atoms with Crippen molar-refractivity contribution < 1.29 is 9.59 Å². The van der Waals surface area contributed by atoms with E-state index in [0.717, 1.165) is 12.0 Å². The van der Waals surface area contributed by atoms with E-state index in [2.05, 4.69) is 5.32 Å². The Morgan fingerprint density at radius 2 is 1.95 bits per heavy atom. The van der Waals surface area contributed by atoms with E-state index in [9.17, 15) is 9.59 Å². The highest BCUT2D eigenvalue weighted by Gasteiger charge is 2.49. The maximum absolute atomic E-state index is 12.7. The fourth-order valence-electron chi connectivity index (χ4n) is 2.83. The number of hydrogen-bond acceptors (Lipinski definition) is 2. The highest BCUT2D eigenvalue weighted by Crippen LogP contribution is 2.30. The number of hydrogen-bond donors (Lipinski definition) is 1. The molecule has 1 N–H and O–H groups in total. The van der Waals surface area contributed by atoms with Gasteiger partial charge in [0.1, 0.15) is 11.6 Å². The summed E-state index contributed by atoms with van der Waals surface area (Å²) in [5.74, 6) is -0.0315. The third-order valence-electron chi connectivity index (χ3n) is 4.15. The van der Waals surface area contributed by atoms with Crippen molar-refractivity contribution in [2.75, 3.05) is 6.54 Å². The third-order valence-corrected chi connectivity index (χ3v) is 4.52. The van der Waals surface area contributed by atoms with E-state index < -0.39 is 11.6 Å². The Labute approximate surface area is 126 Å². The van der Waals surface area contributed by atoms with Crippen LogP contribution in [0.1, 0.15) is 53.4 Å². The van der Waals surface area contributed by atoms with E-state index in [0.29, 0.717) is 25.8 Å². The van der Waals surface area contributed by atoms with E-state index in [1.54, 1.807) is 4.90 Å². The number of carbonyl (C=O) groups is 2. The van der Waals surface area contributed by atoms with Crippen LogP contribution in [0.2, 0.25) is 0 Å². The average molecular weight is 301 g/mol. The Bertz CT molecular complexity index is 403. The summed E-state index contributed by atoms with van der Waals surface area (Å²) in [5, 5.41) is 2.90. The van der Waals surface area contributed by atoms with Crippen molar-refractivity contribution in [3.63, 3.8) is 0 Å². The standard InChI is InChI=1S/C15H25ClN2O2/c1-5-8-12-13(19)18(10-11(4)9-16)15(6-2,7-3)14(20)17-12/h9,12H,5-8,10H2,1-4H3,(H,17,20). The van der Waals surface area contributed by atoms with Gasteiger partial charge < -0.3 is 10.2 Å². The molecule has 1 fully saturated rings. The van der Waals surface area contributed by atoms with Crippen LogP contribution < -0.4 is 5.32 Å². The molecule has 1 unspecified atom stereocenters. The first-order chi connectivity index (χ1) is 9.46. The number of rotatable bonds is 6. The molecule has 1 heterocycles. The van der Waals surface area contributed by atoms with Crippen LogP contribution in [0.4, 0.5) is 0 Å². The number of nitrogens with one attached hydrogen (secondary N) is 1. The summed E-state index contributed by atoms with van der Waals surface area (Å²) < 4.78 is 0. The molecule has 0 spiro atoms. The lowest BCUT2D eigenvalue weighted by molar-refractivity contribution is -0.157. The molecule has 114 valence electrons. The van der Waals surface area contributed by atoms with Gasteiger partial charge in [0, 0.05) is 12.1 Å². The second kappa shape index (κ2) is 7.11. The SMILES string of the molecule is CCCC1NC(=O)C(CC)(CC)N(CC(C)=CCl)C1=O. The van der Waals surface area contributed by atoms with Gasteiger partial charge in [0.15, 0.2) is 0 Å². The minimum Gasteiger partial charge on any atom is -0.342 e. The van der Waals surface area contributed by atoms with E-state index >= 15 is 0 Å². The van der Waals surface area contributed by atoms with Crippen molar-refractivity contribution in [2.45, 2.75) is 65.0 Å². The predicted octanol–water partition coefficient (Wildman–Crippen LogP) is 2.81. The molecule has 1 rings (SSSR count). The normalized spacial score (nSPS) is 22.9. The maximum atomic E-state index is 12.7. The lowest BCUT2D eigenvalue weighted by atomic mass is 9.85. The third kappa shape index (κ3) is 3.00. The van der Waals surface area contributed by atoms with Crippen molar-refractivity contribution >= 4 is 23.4 Å². The lowest BCUT2D eigenvalue weighted by Crippen LogP contribution is -2.70. The molecule has 4 nitrogen and oxygen atoms in total. The Morgan fingerprint density at radius 1 is 1.35 bits per heavy atom. The quantitative estimate of drug-likeness (QED) is 0.820. The molecule has 0 radical (unpaired) electrons. The second-order valence-electron chi connectivity index (χ2n) is 5.43. The largest absolute Gasteiger partial charge is 0.342 e. The zero-order valence-corrected chi connectivity index (χ0v) is 13.6. The van der Waals surface area contributed by atoms with E-state index in [-0.39, 0.29) is 11.8 Å². The zero-order valence-electron chi connectivity index (χ0n) is 12.8. The summed E-state index contributed by atoms with van der Waals surface area (Å²) in [6.45, 7) is 8.19. The summed E-state index contributed by atoms with van der Waals surface area (Å²) in [6, 6.07) is -0.401. The van der Waals surface area contributed by atoms with Crippen molar-refractivity contribution in [3.05, 3.63) is 11.1 Å². The summed E-state index contributed by atoms with van der Waals surface area (Å²) >= 11 is 5.73.